The molecule has 0 aliphatic carbocycles. The molecule has 1 atom stereocenters. The molecule has 0 nitrogen and oxygen atoms in total. The molecule has 0 aliphatic rings. The fourth-order valence-corrected chi connectivity index (χ4v) is 1.98. The fourth-order valence-electron chi connectivity index (χ4n) is 1.98. The van der Waals surface area contributed by atoms with E-state index >= 15 is 0 Å². The van der Waals surface area contributed by atoms with Gasteiger partial charge in [0.1, 0.15) is 0 Å². The van der Waals surface area contributed by atoms with Crippen LogP contribution in [0.1, 0.15) is 60.8 Å². The summed E-state index contributed by atoms with van der Waals surface area (Å²) in [6.45, 7) is 14.1. The predicted octanol–water partition coefficient (Wildman–Crippen LogP) is 4.49. The van der Waals surface area contributed by atoms with Crippen LogP contribution >= 0.6 is 0 Å². The third kappa shape index (κ3) is 5.62. The van der Waals surface area contributed by atoms with Gasteiger partial charge in [-0.3, -0.25) is 0 Å². The van der Waals surface area contributed by atoms with Gasteiger partial charge >= 0.3 is 0 Å². The van der Waals surface area contributed by atoms with Gasteiger partial charge in [0, 0.05) is 0 Å². The number of rotatable bonds is 5. The zero-order chi connectivity index (χ0) is 9.78. The van der Waals surface area contributed by atoms with Crippen LogP contribution in [0.5, 0.6) is 0 Å². The fraction of sp³-hybridized carbons (Fsp3) is 1.00. The minimum Gasteiger partial charge on any atom is -0.0649 e. The first kappa shape index (κ1) is 12.0. The lowest BCUT2D eigenvalue weighted by Crippen LogP contribution is -2.15. The van der Waals surface area contributed by atoms with E-state index in [0.717, 1.165) is 11.8 Å². The van der Waals surface area contributed by atoms with Gasteiger partial charge in [-0.15, -0.1) is 0 Å². The molecule has 1 unspecified atom stereocenters. The Morgan fingerprint density at radius 2 is 1.58 bits per heavy atom. The maximum absolute atomic E-state index is 2.39. The number of hydrogen-bond donors (Lipinski definition) is 0. The van der Waals surface area contributed by atoms with Crippen molar-refractivity contribution in [2.45, 2.75) is 60.8 Å². The highest BCUT2D eigenvalue weighted by Gasteiger charge is 2.19. The monoisotopic (exact) mass is 170 g/mol. The predicted molar refractivity (Wildman–Crippen MR) is 57.3 cm³/mol. The van der Waals surface area contributed by atoms with Crippen LogP contribution in [0.15, 0.2) is 0 Å². The summed E-state index contributed by atoms with van der Waals surface area (Å²) in [4.78, 5) is 0. The number of hydrogen-bond acceptors (Lipinski definition) is 0. The SMILES string of the molecule is CCC(C)(C)CC(C)CC(C)C. The van der Waals surface area contributed by atoms with Gasteiger partial charge in [-0.1, -0.05) is 48.0 Å². The Labute approximate surface area is 78.8 Å². The van der Waals surface area contributed by atoms with Crippen LogP contribution in [0.25, 0.3) is 0 Å². The van der Waals surface area contributed by atoms with Crippen molar-refractivity contribution >= 4 is 0 Å². The van der Waals surface area contributed by atoms with E-state index in [0.29, 0.717) is 5.41 Å². The molecule has 12 heavy (non-hydrogen) atoms. The van der Waals surface area contributed by atoms with E-state index < -0.39 is 0 Å². The molecule has 0 aromatic carbocycles. The third-order valence-corrected chi connectivity index (χ3v) is 2.73. The Hall–Kier alpha value is 0. The normalized spacial score (nSPS) is 15.2. The summed E-state index contributed by atoms with van der Waals surface area (Å²) in [7, 11) is 0. The average Bonchev–Trinajstić information content (AvgIpc) is 1.84. The first-order chi connectivity index (χ1) is 5.37. The van der Waals surface area contributed by atoms with Gasteiger partial charge in [-0.2, -0.15) is 0 Å². The van der Waals surface area contributed by atoms with Crippen molar-refractivity contribution in [3.63, 3.8) is 0 Å². The lowest BCUT2D eigenvalue weighted by atomic mass is 9.79. The molecule has 0 spiro atoms. The quantitative estimate of drug-likeness (QED) is 0.570. The lowest BCUT2D eigenvalue weighted by Gasteiger charge is -2.27. The van der Waals surface area contributed by atoms with E-state index in [1.165, 1.54) is 19.3 Å². The lowest BCUT2D eigenvalue weighted by molar-refractivity contribution is 0.246. The second-order valence-electron chi connectivity index (χ2n) is 5.46. The van der Waals surface area contributed by atoms with Crippen LogP contribution in [0.3, 0.4) is 0 Å². The molecule has 0 saturated heterocycles. The minimum absolute atomic E-state index is 0.550. The van der Waals surface area contributed by atoms with Crippen molar-refractivity contribution in [1.29, 1.82) is 0 Å². The first-order valence-electron chi connectivity index (χ1n) is 5.37. The van der Waals surface area contributed by atoms with Crippen molar-refractivity contribution in [2.24, 2.45) is 17.3 Å². The largest absolute Gasteiger partial charge is 0.0649 e. The molecule has 74 valence electrons. The first-order valence-corrected chi connectivity index (χ1v) is 5.37. The highest BCUT2D eigenvalue weighted by atomic mass is 14.2. The molecular formula is C12H26. The van der Waals surface area contributed by atoms with E-state index in [2.05, 4.69) is 41.5 Å². The van der Waals surface area contributed by atoms with Gasteiger partial charge < -0.3 is 0 Å². The highest BCUT2D eigenvalue weighted by molar-refractivity contribution is 4.70. The Kier molecular flexibility index (Phi) is 4.89. The second kappa shape index (κ2) is 4.89. The molecule has 0 amide bonds. The van der Waals surface area contributed by atoms with E-state index in [1.807, 2.05) is 0 Å². The Bertz CT molecular complexity index is 111. The molecule has 0 aromatic heterocycles. The van der Waals surface area contributed by atoms with Crippen LogP contribution < -0.4 is 0 Å². The Morgan fingerprint density at radius 3 is 1.92 bits per heavy atom. The summed E-state index contributed by atoms with van der Waals surface area (Å²) in [5, 5.41) is 0. The van der Waals surface area contributed by atoms with Crippen LogP contribution in [0.2, 0.25) is 0 Å². The van der Waals surface area contributed by atoms with Crippen LogP contribution in [0, 0.1) is 17.3 Å². The van der Waals surface area contributed by atoms with Crippen molar-refractivity contribution < 1.29 is 0 Å². The zero-order valence-electron chi connectivity index (χ0n) is 9.78. The third-order valence-electron chi connectivity index (χ3n) is 2.73. The molecule has 0 saturated carbocycles. The Morgan fingerprint density at radius 1 is 1.08 bits per heavy atom. The Balaban J connectivity index is 3.75. The maximum Gasteiger partial charge on any atom is -0.0354 e. The molecule has 0 aromatic rings. The molecule has 0 heterocycles. The summed E-state index contributed by atoms with van der Waals surface area (Å²) in [5.74, 6) is 1.74. The van der Waals surface area contributed by atoms with Gasteiger partial charge in [0.25, 0.3) is 0 Å². The maximum atomic E-state index is 2.39. The highest BCUT2D eigenvalue weighted by Crippen LogP contribution is 2.31. The van der Waals surface area contributed by atoms with Crippen molar-refractivity contribution in [2.75, 3.05) is 0 Å². The van der Waals surface area contributed by atoms with E-state index in [4.69, 9.17) is 0 Å². The zero-order valence-corrected chi connectivity index (χ0v) is 9.78. The molecule has 0 rings (SSSR count). The van der Waals surface area contributed by atoms with Gasteiger partial charge in [-0.05, 0) is 30.1 Å². The smallest absolute Gasteiger partial charge is 0.0354 e. The van der Waals surface area contributed by atoms with Crippen LogP contribution in [-0.4, -0.2) is 0 Å². The topological polar surface area (TPSA) is 0 Å². The molecule has 0 fully saturated rings. The summed E-state index contributed by atoms with van der Waals surface area (Å²) in [6.07, 6.45) is 4.06. The van der Waals surface area contributed by atoms with Gasteiger partial charge in [-0.25, -0.2) is 0 Å². The molecule has 0 heteroatoms. The van der Waals surface area contributed by atoms with Gasteiger partial charge in [0.15, 0.2) is 0 Å². The molecule has 0 N–H and O–H groups in total. The van der Waals surface area contributed by atoms with Crippen LogP contribution in [0.4, 0.5) is 0 Å². The second-order valence-corrected chi connectivity index (χ2v) is 5.46. The van der Waals surface area contributed by atoms with E-state index in [-0.39, 0.29) is 0 Å². The van der Waals surface area contributed by atoms with Crippen molar-refractivity contribution in [3.05, 3.63) is 0 Å². The standard InChI is InChI=1S/C12H26/c1-7-12(5,6)9-11(4)8-10(2)3/h10-11H,7-9H2,1-6H3. The summed E-state index contributed by atoms with van der Waals surface area (Å²) in [6, 6.07) is 0. The molecular weight excluding hydrogens is 144 g/mol. The summed E-state index contributed by atoms with van der Waals surface area (Å²) >= 11 is 0. The minimum atomic E-state index is 0.550. The van der Waals surface area contributed by atoms with Crippen molar-refractivity contribution in [3.8, 4) is 0 Å². The summed E-state index contributed by atoms with van der Waals surface area (Å²) < 4.78 is 0. The molecule has 0 bridgehead atoms. The van der Waals surface area contributed by atoms with E-state index in [1.54, 1.807) is 0 Å². The van der Waals surface area contributed by atoms with Crippen LogP contribution in [-0.2, 0) is 0 Å². The van der Waals surface area contributed by atoms with Gasteiger partial charge in [0.05, 0.1) is 0 Å². The molecule has 0 aliphatic heterocycles. The summed E-state index contributed by atoms with van der Waals surface area (Å²) in [5.41, 5.74) is 0.550. The van der Waals surface area contributed by atoms with Gasteiger partial charge in [0.2, 0.25) is 0 Å². The van der Waals surface area contributed by atoms with E-state index in [9.17, 15) is 0 Å². The average molecular weight is 170 g/mol. The molecule has 0 radical (unpaired) electrons. The van der Waals surface area contributed by atoms with Crippen molar-refractivity contribution in [1.82, 2.24) is 0 Å².